The zero-order valence-electron chi connectivity index (χ0n) is 15.5. The molecule has 0 aliphatic carbocycles. The lowest BCUT2D eigenvalue weighted by Gasteiger charge is -2.14. The van der Waals surface area contributed by atoms with Gasteiger partial charge in [-0.1, -0.05) is 0 Å². The Hall–Kier alpha value is -3.55. The van der Waals surface area contributed by atoms with Crippen molar-refractivity contribution in [2.45, 2.75) is 13.8 Å². The van der Waals surface area contributed by atoms with Gasteiger partial charge >= 0.3 is 0 Å². The molecule has 3 heterocycles. The molecular formula is C19H19N5O3. The highest BCUT2D eigenvalue weighted by molar-refractivity contribution is 5.66. The molecule has 1 N–H and O–H groups in total. The van der Waals surface area contributed by atoms with Crippen LogP contribution in [0.25, 0.3) is 17.4 Å². The first-order chi connectivity index (χ1) is 13.1. The van der Waals surface area contributed by atoms with Crippen molar-refractivity contribution < 1.29 is 13.9 Å². The minimum absolute atomic E-state index is 0.476. The Labute approximate surface area is 155 Å². The number of fused-ring (bicyclic) bond motifs is 1. The van der Waals surface area contributed by atoms with E-state index < -0.39 is 0 Å². The van der Waals surface area contributed by atoms with Crippen LogP contribution >= 0.6 is 0 Å². The molecule has 0 aliphatic heterocycles. The van der Waals surface area contributed by atoms with Gasteiger partial charge in [0.15, 0.2) is 5.76 Å². The van der Waals surface area contributed by atoms with E-state index in [1.807, 2.05) is 38.1 Å². The minimum Gasteiger partial charge on any atom is -0.497 e. The van der Waals surface area contributed by atoms with E-state index in [1.165, 1.54) is 0 Å². The third-order valence-electron chi connectivity index (χ3n) is 4.32. The summed E-state index contributed by atoms with van der Waals surface area (Å²) in [5.74, 6) is 3.69. The average molecular weight is 365 g/mol. The monoisotopic (exact) mass is 365 g/mol. The topological polar surface area (TPSA) is 86.7 Å². The number of furan rings is 1. The third kappa shape index (κ3) is 3.05. The Bertz CT molecular complexity index is 1080. The van der Waals surface area contributed by atoms with Gasteiger partial charge < -0.3 is 19.2 Å². The van der Waals surface area contributed by atoms with Crippen LogP contribution in [0.1, 0.15) is 11.3 Å². The molecule has 0 spiro atoms. The first kappa shape index (κ1) is 16.9. The summed E-state index contributed by atoms with van der Waals surface area (Å²) in [7, 11) is 3.23. The fourth-order valence-electron chi connectivity index (χ4n) is 2.76. The van der Waals surface area contributed by atoms with Gasteiger partial charge in [-0.15, -0.1) is 5.10 Å². The summed E-state index contributed by atoms with van der Waals surface area (Å²) in [5.41, 5.74) is 2.62. The van der Waals surface area contributed by atoms with Crippen LogP contribution in [0, 0.1) is 13.8 Å². The quantitative estimate of drug-likeness (QED) is 0.576. The molecule has 0 unspecified atom stereocenters. The maximum atomic E-state index is 5.41. The van der Waals surface area contributed by atoms with E-state index in [1.54, 1.807) is 31.1 Å². The number of methoxy groups -OCH3 is 2. The first-order valence-corrected chi connectivity index (χ1v) is 8.37. The van der Waals surface area contributed by atoms with Crippen molar-refractivity contribution in [3.05, 3.63) is 47.9 Å². The van der Waals surface area contributed by atoms with Crippen molar-refractivity contribution in [1.29, 1.82) is 0 Å². The van der Waals surface area contributed by atoms with Gasteiger partial charge in [0, 0.05) is 35.1 Å². The van der Waals surface area contributed by atoms with Crippen molar-refractivity contribution >= 4 is 17.3 Å². The van der Waals surface area contributed by atoms with Gasteiger partial charge in [-0.3, -0.25) is 0 Å². The fraction of sp³-hybridized carbons (Fsp3) is 0.211. The number of ether oxygens (including phenoxy) is 2. The maximum Gasteiger partial charge on any atom is 0.255 e. The van der Waals surface area contributed by atoms with Crippen molar-refractivity contribution in [2.24, 2.45) is 0 Å². The Morgan fingerprint density at radius 3 is 2.41 bits per heavy atom. The van der Waals surface area contributed by atoms with Gasteiger partial charge in [-0.25, -0.2) is 4.98 Å². The molecule has 0 saturated carbocycles. The highest BCUT2D eigenvalue weighted by Crippen LogP contribution is 2.30. The predicted molar refractivity (Wildman–Crippen MR) is 101 cm³/mol. The minimum atomic E-state index is 0.476. The lowest BCUT2D eigenvalue weighted by molar-refractivity contribution is 0.395. The van der Waals surface area contributed by atoms with Gasteiger partial charge in [0.05, 0.1) is 20.5 Å². The molecule has 8 nitrogen and oxygen atoms in total. The van der Waals surface area contributed by atoms with Crippen LogP contribution < -0.4 is 14.8 Å². The summed E-state index contributed by atoms with van der Waals surface area (Å²) in [4.78, 5) is 9.02. The van der Waals surface area contributed by atoms with Crippen molar-refractivity contribution in [1.82, 2.24) is 19.6 Å². The van der Waals surface area contributed by atoms with Gasteiger partial charge in [-0.2, -0.15) is 9.50 Å². The summed E-state index contributed by atoms with van der Waals surface area (Å²) in [6, 6.07) is 9.19. The number of hydrogen-bond acceptors (Lipinski definition) is 7. The molecule has 0 aliphatic rings. The molecule has 4 aromatic rings. The number of aromatic nitrogens is 4. The second-order valence-electron chi connectivity index (χ2n) is 6.02. The second-order valence-corrected chi connectivity index (χ2v) is 6.02. The normalized spacial score (nSPS) is 11.0. The van der Waals surface area contributed by atoms with Crippen LogP contribution in [0.4, 0.5) is 11.5 Å². The van der Waals surface area contributed by atoms with E-state index in [-0.39, 0.29) is 0 Å². The molecule has 0 bridgehead atoms. The van der Waals surface area contributed by atoms with E-state index in [0.29, 0.717) is 28.9 Å². The van der Waals surface area contributed by atoms with Crippen LogP contribution in [0.5, 0.6) is 11.5 Å². The number of rotatable bonds is 5. The molecule has 8 heteroatoms. The van der Waals surface area contributed by atoms with E-state index >= 15 is 0 Å². The molecule has 4 rings (SSSR count). The van der Waals surface area contributed by atoms with Gasteiger partial charge in [0.1, 0.15) is 17.3 Å². The van der Waals surface area contributed by atoms with Crippen LogP contribution in [-0.4, -0.2) is 33.8 Å². The van der Waals surface area contributed by atoms with Crippen molar-refractivity contribution in [3.63, 3.8) is 0 Å². The maximum absolute atomic E-state index is 5.41. The average Bonchev–Trinajstić information content (AvgIpc) is 3.34. The SMILES string of the molecule is COc1cc(Nc2c(C)c(C)nc3nc(-c4ccco4)nn23)cc(OC)c1. The summed E-state index contributed by atoms with van der Waals surface area (Å²) in [6.07, 6.45) is 1.59. The number of aryl methyl sites for hydroxylation is 1. The van der Waals surface area contributed by atoms with Crippen LogP contribution in [0.2, 0.25) is 0 Å². The van der Waals surface area contributed by atoms with Crippen molar-refractivity contribution in [2.75, 3.05) is 19.5 Å². The zero-order valence-corrected chi connectivity index (χ0v) is 15.5. The summed E-state index contributed by atoms with van der Waals surface area (Å²) in [6.45, 7) is 3.92. The number of hydrogen-bond donors (Lipinski definition) is 1. The van der Waals surface area contributed by atoms with Crippen LogP contribution in [0.15, 0.2) is 41.0 Å². The molecule has 3 aromatic heterocycles. The van der Waals surface area contributed by atoms with E-state index in [2.05, 4.69) is 20.4 Å². The smallest absolute Gasteiger partial charge is 0.255 e. The predicted octanol–water partition coefficient (Wildman–Crippen LogP) is 3.76. The Morgan fingerprint density at radius 1 is 1.04 bits per heavy atom. The van der Waals surface area contributed by atoms with Crippen LogP contribution in [-0.2, 0) is 0 Å². The largest absolute Gasteiger partial charge is 0.497 e. The Balaban J connectivity index is 1.84. The molecule has 0 fully saturated rings. The number of benzene rings is 1. The van der Waals surface area contributed by atoms with Gasteiger partial charge in [-0.05, 0) is 26.0 Å². The molecular weight excluding hydrogens is 346 g/mol. The van der Waals surface area contributed by atoms with E-state index in [0.717, 1.165) is 22.8 Å². The molecule has 0 atom stereocenters. The highest BCUT2D eigenvalue weighted by Gasteiger charge is 2.16. The lowest BCUT2D eigenvalue weighted by Crippen LogP contribution is -2.06. The van der Waals surface area contributed by atoms with Gasteiger partial charge in [0.25, 0.3) is 5.78 Å². The van der Waals surface area contributed by atoms with Gasteiger partial charge in [0.2, 0.25) is 5.82 Å². The number of nitrogens with zero attached hydrogens (tertiary/aromatic N) is 4. The summed E-state index contributed by atoms with van der Waals surface area (Å²) in [5, 5.41) is 7.96. The molecule has 0 radical (unpaired) electrons. The standard InChI is InChI=1S/C19H19N5O3/c1-11-12(2)20-19-22-17(16-6-5-7-27-16)23-24(19)18(11)21-13-8-14(25-3)10-15(9-13)26-4/h5-10,21H,1-4H3. The summed E-state index contributed by atoms with van der Waals surface area (Å²) >= 11 is 0. The first-order valence-electron chi connectivity index (χ1n) is 8.37. The fourth-order valence-corrected chi connectivity index (χ4v) is 2.76. The molecule has 138 valence electrons. The van der Waals surface area contributed by atoms with E-state index in [9.17, 15) is 0 Å². The molecule has 0 saturated heterocycles. The molecule has 27 heavy (non-hydrogen) atoms. The van der Waals surface area contributed by atoms with Crippen molar-refractivity contribution in [3.8, 4) is 23.1 Å². The Morgan fingerprint density at radius 2 is 1.78 bits per heavy atom. The summed E-state index contributed by atoms with van der Waals surface area (Å²) < 4.78 is 17.8. The molecule has 0 amide bonds. The van der Waals surface area contributed by atoms with E-state index in [4.69, 9.17) is 13.9 Å². The zero-order chi connectivity index (χ0) is 19.0. The lowest BCUT2D eigenvalue weighted by atomic mass is 10.2. The Kier molecular flexibility index (Phi) is 4.15. The third-order valence-corrected chi connectivity index (χ3v) is 4.32. The van der Waals surface area contributed by atoms with Crippen LogP contribution in [0.3, 0.4) is 0 Å². The number of nitrogens with one attached hydrogen (secondary N) is 1. The highest BCUT2D eigenvalue weighted by atomic mass is 16.5. The number of anilines is 2. The molecule has 1 aromatic carbocycles. The second kappa shape index (κ2) is 6.64.